The monoisotopic (exact) mass is 264 g/mol. The van der Waals surface area contributed by atoms with Crippen LogP contribution < -0.4 is 5.30 Å². The van der Waals surface area contributed by atoms with Crippen LogP contribution in [0.1, 0.15) is 0 Å². The van der Waals surface area contributed by atoms with Crippen LogP contribution in [0, 0.1) is 0 Å². The minimum atomic E-state index is -4.10. The van der Waals surface area contributed by atoms with E-state index in [0.717, 1.165) is 0 Å². The summed E-state index contributed by atoms with van der Waals surface area (Å²) in [5, 5.41) is 0.448. The molecule has 0 aromatic heterocycles. The molecule has 0 bridgehead atoms. The van der Waals surface area contributed by atoms with Gasteiger partial charge in [-0.3, -0.25) is 4.57 Å². The van der Waals surface area contributed by atoms with Gasteiger partial charge in [0.2, 0.25) is 0 Å². The molecule has 7 heteroatoms. The van der Waals surface area contributed by atoms with E-state index >= 15 is 0 Å². The predicted octanol–water partition coefficient (Wildman–Crippen LogP) is 1.99. The van der Waals surface area contributed by atoms with Crippen molar-refractivity contribution < 1.29 is 14.4 Å². The summed E-state index contributed by atoms with van der Waals surface area (Å²) in [4.78, 5) is 17.3. The van der Waals surface area contributed by atoms with Gasteiger partial charge in [-0.15, -0.1) is 24.8 Å². The van der Waals surface area contributed by atoms with Gasteiger partial charge in [0.05, 0.1) is 5.30 Å². The summed E-state index contributed by atoms with van der Waals surface area (Å²) in [6.07, 6.45) is 0. The van der Waals surface area contributed by atoms with Crippen molar-refractivity contribution in [2.45, 2.75) is 0 Å². The van der Waals surface area contributed by atoms with Crippen molar-refractivity contribution in [1.29, 1.82) is 0 Å². The third-order valence-electron chi connectivity index (χ3n) is 1.16. The number of benzene rings is 1. The summed E-state index contributed by atoms with van der Waals surface area (Å²) in [5.74, 6) is 0. The van der Waals surface area contributed by atoms with Crippen LogP contribution in [0.5, 0.6) is 0 Å². The molecule has 13 heavy (non-hydrogen) atoms. The molecule has 0 aliphatic rings. The van der Waals surface area contributed by atoms with Crippen molar-refractivity contribution in [3.8, 4) is 0 Å². The zero-order valence-corrected chi connectivity index (χ0v) is 9.54. The topological polar surface area (TPSA) is 57.5 Å². The molecule has 0 spiro atoms. The number of hydrogen-bond acceptors (Lipinski definition) is 1. The Kier molecular flexibility index (Phi) is 7.08. The molecule has 0 saturated carbocycles. The first kappa shape index (κ1) is 15.7. The molecule has 76 valence electrons. The Morgan fingerprint density at radius 3 is 1.77 bits per heavy atom. The van der Waals surface area contributed by atoms with E-state index in [4.69, 9.17) is 21.4 Å². The molecule has 0 heterocycles. The molecule has 0 amide bonds. The Labute approximate surface area is 93.1 Å². The standard InChI is InChI=1S/C6H6ClO3P.2ClH/c7-5-1-3-6(4-2-5)11(8,9)10;;/h1-4H,(H2,8,9,10);2*1H. The van der Waals surface area contributed by atoms with Crippen LogP contribution in [0.3, 0.4) is 0 Å². The normalized spacial score (nSPS) is 9.77. The molecule has 3 nitrogen and oxygen atoms in total. The van der Waals surface area contributed by atoms with Crippen LogP contribution in [-0.4, -0.2) is 9.79 Å². The fraction of sp³-hybridized carbons (Fsp3) is 0. The first-order chi connectivity index (χ1) is 5.00. The SMILES string of the molecule is Cl.Cl.O=P(O)(O)c1ccc(Cl)cc1. The third kappa shape index (κ3) is 4.87. The van der Waals surface area contributed by atoms with Gasteiger partial charge in [-0.25, -0.2) is 0 Å². The van der Waals surface area contributed by atoms with Gasteiger partial charge < -0.3 is 9.79 Å². The molecule has 0 aliphatic heterocycles. The second kappa shape index (κ2) is 5.86. The minimum absolute atomic E-state index is 0. The Bertz CT molecular complexity index is 294. The fourth-order valence-electron chi connectivity index (χ4n) is 0.635. The molecule has 1 aromatic carbocycles. The summed E-state index contributed by atoms with van der Waals surface area (Å²) in [5.41, 5.74) is 0. The van der Waals surface area contributed by atoms with Gasteiger partial charge in [0.25, 0.3) is 0 Å². The first-order valence-corrected chi connectivity index (χ1v) is 4.81. The van der Waals surface area contributed by atoms with Crippen molar-refractivity contribution in [2.75, 3.05) is 0 Å². The number of rotatable bonds is 1. The molecule has 0 unspecified atom stereocenters. The highest BCUT2D eigenvalue weighted by atomic mass is 35.5. The van der Waals surface area contributed by atoms with Crippen LogP contribution in [0.15, 0.2) is 24.3 Å². The molecule has 0 saturated heterocycles. The third-order valence-corrected chi connectivity index (χ3v) is 2.39. The van der Waals surface area contributed by atoms with Gasteiger partial charge in [-0.05, 0) is 24.3 Å². The maximum Gasteiger partial charge on any atom is 0.356 e. The van der Waals surface area contributed by atoms with Gasteiger partial charge in [0.1, 0.15) is 0 Å². The van der Waals surface area contributed by atoms with Crippen molar-refractivity contribution in [3.05, 3.63) is 29.3 Å². The second-order valence-corrected chi connectivity index (χ2v) is 4.06. The van der Waals surface area contributed by atoms with Gasteiger partial charge in [0.15, 0.2) is 0 Å². The summed E-state index contributed by atoms with van der Waals surface area (Å²) in [7, 11) is -4.10. The van der Waals surface area contributed by atoms with E-state index in [9.17, 15) is 4.57 Å². The van der Waals surface area contributed by atoms with Crippen molar-refractivity contribution in [1.82, 2.24) is 0 Å². The van der Waals surface area contributed by atoms with E-state index in [-0.39, 0.29) is 30.1 Å². The van der Waals surface area contributed by atoms with E-state index in [0.29, 0.717) is 5.02 Å². The molecule has 0 radical (unpaired) electrons. The maximum atomic E-state index is 10.6. The highest BCUT2D eigenvalue weighted by molar-refractivity contribution is 7.60. The van der Waals surface area contributed by atoms with Crippen molar-refractivity contribution in [2.24, 2.45) is 0 Å². The molecular weight excluding hydrogens is 257 g/mol. The van der Waals surface area contributed by atoms with Crippen LogP contribution in [-0.2, 0) is 4.57 Å². The summed E-state index contributed by atoms with van der Waals surface area (Å²) in [6.45, 7) is 0. The Hall–Kier alpha value is 0.240. The zero-order valence-electron chi connectivity index (χ0n) is 6.25. The number of halogens is 3. The Morgan fingerprint density at radius 2 is 1.46 bits per heavy atom. The van der Waals surface area contributed by atoms with Crippen LogP contribution in [0.4, 0.5) is 0 Å². The number of hydrogen-bond donors (Lipinski definition) is 2. The van der Waals surface area contributed by atoms with E-state index in [1.807, 2.05) is 0 Å². The highest BCUT2D eigenvalue weighted by Crippen LogP contribution is 2.33. The van der Waals surface area contributed by atoms with Gasteiger partial charge in [-0.1, -0.05) is 11.6 Å². The maximum absolute atomic E-state index is 10.6. The first-order valence-electron chi connectivity index (χ1n) is 2.82. The van der Waals surface area contributed by atoms with Crippen LogP contribution in [0.2, 0.25) is 5.02 Å². The summed E-state index contributed by atoms with van der Waals surface area (Å²) in [6, 6.07) is 5.50. The Morgan fingerprint density at radius 1 is 1.08 bits per heavy atom. The lowest BCUT2D eigenvalue weighted by atomic mass is 10.4. The average molecular weight is 265 g/mol. The summed E-state index contributed by atoms with van der Waals surface area (Å²) < 4.78 is 10.6. The van der Waals surface area contributed by atoms with E-state index in [1.165, 1.54) is 24.3 Å². The molecule has 0 atom stereocenters. The molecule has 0 aliphatic carbocycles. The van der Waals surface area contributed by atoms with Gasteiger partial charge in [-0.2, -0.15) is 0 Å². The van der Waals surface area contributed by atoms with Crippen LogP contribution in [0.25, 0.3) is 0 Å². The van der Waals surface area contributed by atoms with Gasteiger partial charge in [0, 0.05) is 5.02 Å². The largest absolute Gasteiger partial charge is 0.356 e. The van der Waals surface area contributed by atoms with Crippen molar-refractivity contribution in [3.63, 3.8) is 0 Å². The van der Waals surface area contributed by atoms with E-state index < -0.39 is 7.60 Å². The lowest BCUT2D eigenvalue weighted by Crippen LogP contribution is -2.01. The highest BCUT2D eigenvalue weighted by Gasteiger charge is 2.15. The zero-order chi connectivity index (χ0) is 8.48. The van der Waals surface area contributed by atoms with Gasteiger partial charge >= 0.3 is 7.60 Å². The molecule has 1 aromatic rings. The molecule has 1 rings (SSSR count). The van der Waals surface area contributed by atoms with E-state index in [2.05, 4.69) is 0 Å². The lowest BCUT2D eigenvalue weighted by Gasteiger charge is -2.01. The predicted molar refractivity (Wildman–Crippen MR) is 57.6 cm³/mol. The average Bonchev–Trinajstić information content (AvgIpc) is 1.86. The lowest BCUT2D eigenvalue weighted by molar-refractivity contribution is 0.387. The van der Waals surface area contributed by atoms with Crippen molar-refractivity contribution >= 4 is 49.3 Å². The van der Waals surface area contributed by atoms with E-state index in [1.54, 1.807) is 0 Å². The Balaban J connectivity index is 0. The molecule has 2 N–H and O–H groups in total. The quantitative estimate of drug-likeness (QED) is 0.764. The summed E-state index contributed by atoms with van der Waals surface area (Å²) >= 11 is 5.51. The fourth-order valence-corrected chi connectivity index (χ4v) is 1.30. The molecule has 0 fully saturated rings. The minimum Gasteiger partial charge on any atom is -0.321 e. The second-order valence-electron chi connectivity index (χ2n) is 2.02. The van der Waals surface area contributed by atoms with Crippen LogP contribution >= 0.6 is 44.0 Å². The molecular formula is C6H8Cl3O3P. The smallest absolute Gasteiger partial charge is 0.321 e.